The first-order valence-electron chi connectivity index (χ1n) is 2.55. The van der Waals surface area contributed by atoms with Crippen LogP contribution in [0.1, 0.15) is 5.56 Å². The van der Waals surface area contributed by atoms with Crippen LogP contribution in [0.5, 0.6) is 5.75 Å². The van der Waals surface area contributed by atoms with Gasteiger partial charge in [-0.05, 0) is 18.6 Å². The molecule has 1 nitrogen and oxygen atoms in total. The van der Waals surface area contributed by atoms with Crippen molar-refractivity contribution in [2.24, 2.45) is 0 Å². The van der Waals surface area contributed by atoms with Gasteiger partial charge in [0.2, 0.25) is 0 Å². The summed E-state index contributed by atoms with van der Waals surface area (Å²) >= 11 is 0. The van der Waals surface area contributed by atoms with Crippen molar-refractivity contribution in [1.29, 1.82) is 0 Å². The van der Waals surface area contributed by atoms with Crippen LogP contribution in [0.15, 0.2) is 24.3 Å². The number of phenols is 1. The lowest BCUT2D eigenvalue weighted by atomic mass is 10.2. The quantitative estimate of drug-likeness (QED) is 0.663. The molecule has 0 radical (unpaired) electrons. The zero-order chi connectivity index (χ0) is 5.98. The normalized spacial score (nSPS) is 8.11. The highest BCUT2D eigenvalue weighted by molar-refractivity contribution is 8.93. The second-order valence-corrected chi connectivity index (χ2v) is 1.79. The molecule has 1 N–H and O–H groups in total. The third kappa shape index (κ3) is 2.06. The lowest BCUT2D eigenvalue weighted by Crippen LogP contribution is -1.68. The first-order chi connectivity index (χ1) is 3.80. The lowest BCUT2D eigenvalue weighted by Gasteiger charge is -1.92. The van der Waals surface area contributed by atoms with E-state index in [4.69, 9.17) is 5.11 Å². The molecule has 1 aromatic rings. The number of benzene rings is 1. The molecule has 0 heterocycles. The molecule has 0 saturated carbocycles. The van der Waals surface area contributed by atoms with Crippen LogP contribution in [0.4, 0.5) is 0 Å². The van der Waals surface area contributed by atoms with Crippen molar-refractivity contribution in [1.82, 2.24) is 0 Å². The van der Waals surface area contributed by atoms with Crippen LogP contribution in [0.25, 0.3) is 0 Å². The Kier molecular flexibility index (Phi) is 3.32. The Morgan fingerprint density at radius 2 is 1.78 bits per heavy atom. The van der Waals surface area contributed by atoms with Crippen LogP contribution < -0.4 is 0 Å². The minimum atomic E-state index is 0. The molecule has 0 unspecified atom stereocenters. The van der Waals surface area contributed by atoms with E-state index >= 15 is 0 Å². The molecule has 2 heteroatoms. The number of hydrogen-bond acceptors (Lipinski definition) is 1. The van der Waals surface area contributed by atoms with E-state index in [-0.39, 0.29) is 17.0 Å². The van der Waals surface area contributed by atoms with Crippen molar-refractivity contribution in [3.63, 3.8) is 0 Å². The van der Waals surface area contributed by atoms with Crippen molar-refractivity contribution in [2.75, 3.05) is 0 Å². The molecule has 9 heavy (non-hydrogen) atoms. The van der Waals surface area contributed by atoms with E-state index in [9.17, 15) is 0 Å². The van der Waals surface area contributed by atoms with Gasteiger partial charge in [-0.25, -0.2) is 0 Å². The van der Waals surface area contributed by atoms with E-state index in [1.54, 1.807) is 6.07 Å². The first kappa shape index (κ1) is 8.50. The predicted molar refractivity (Wildman–Crippen MR) is 43.2 cm³/mol. The molecule has 0 bridgehead atoms. The fourth-order valence-electron chi connectivity index (χ4n) is 0.563. The van der Waals surface area contributed by atoms with Gasteiger partial charge in [-0.15, -0.1) is 17.0 Å². The Labute approximate surface area is 65.1 Å². The van der Waals surface area contributed by atoms with E-state index in [0.717, 1.165) is 5.56 Å². The Morgan fingerprint density at radius 3 is 2.11 bits per heavy atom. The molecule has 50 valence electrons. The van der Waals surface area contributed by atoms with Gasteiger partial charge < -0.3 is 5.11 Å². The Hall–Kier alpha value is -0.500. The van der Waals surface area contributed by atoms with Crippen LogP contribution in [0, 0.1) is 6.92 Å². The van der Waals surface area contributed by atoms with Crippen LogP contribution in [-0.2, 0) is 0 Å². The van der Waals surface area contributed by atoms with E-state index in [2.05, 4.69) is 0 Å². The molecule has 1 rings (SSSR count). The van der Waals surface area contributed by atoms with E-state index in [0.29, 0.717) is 5.75 Å². The fraction of sp³-hybridized carbons (Fsp3) is 0.143. The van der Waals surface area contributed by atoms with Crippen LogP contribution >= 0.6 is 17.0 Å². The van der Waals surface area contributed by atoms with Gasteiger partial charge in [0.05, 0.1) is 0 Å². The van der Waals surface area contributed by atoms with E-state index in [1.165, 1.54) is 0 Å². The molecule has 0 spiro atoms. The minimum absolute atomic E-state index is 0. The third-order valence-corrected chi connectivity index (χ3v) is 1.12. The number of para-hydroxylation sites is 1. The maximum atomic E-state index is 8.92. The van der Waals surface area contributed by atoms with Gasteiger partial charge in [-0.3, -0.25) is 0 Å². The molecule has 0 saturated heterocycles. The number of hydrogen-bond donors (Lipinski definition) is 1. The van der Waals surface area contributed by atoms with Crippen molar-refractivity contribution >= 4 is 17.0 Å². The topological polar surface area (TPSA) is 20.2 Å². The van der Waals surface area contributed by atoms with E-state index < -0.39 is 0 Å². The summed E-state index contributed by atoms with van der Waals surface area (Å²) in [6.07, 6.45) is 0. The summed E-state index contributed by atoms with van der Waals surface area (Å²) in [6.45, 7) is 1.87. The maximum absolute atomic E-state index is 8.92. The van der Waals surface area contributed by atoms with Gasteiger partial charge in [0, 0.05) is 0 Å². The molecule has 0 amide bonds. The van der Waals surface area contributed by atoms with Gasteiger partial charge in [-0.2, -0.15) is 0 Å². The molecule has 0 aliphatic rings. The summed E-state index contributed by atoms with van der Waals surface area (Å²) in [5, 5.41) is 8.92. The SMILES string of the molecule is Br.Cc1ccccc1O. The number of rotatable bonds is 0. The number of halogens is 1. The van der Waals surface area contributed by atoms with Crippen molar-refractivity contribution < 1.29 is 5.11 Å². The summed E-state index contributed by atoms with van der Waals surface area (Å²) in [5.74, 6) is 0.368. The summed E-state index contributed by atoms with van der Waals surface area (Å²) in [6, 6.07) is 7.25. The molecule has 1 aromatic carbocycles. The second kappa shape index (κ2) is 3.51. The predicted octanol–water partition coefficient (Wildman–Crippen LogP) is 2.28. The van der Waals surface area contributed by atoms with Crippen LogP contribution in [-0.4, -0.2) is 5.11 Å². The fourth-order valence-corrected chi connectivity index (χ4v) is 0.563. The van der Waals surface area contributed by atoms with E-state index in [1.807, 2.05) is 25.1 Å². The number of phenolic OH excluding ortho intramolecular Hbond substituents is 1. The first-order valence-corrected chi connectivity index (χ1v) is 2.55. The van der Waals surface area contributed by atoms with Gasteiger partial charge in [0.25, 0.3) is 0 Å². The molecule has 0 aliphatic carbocycles. The Balaban J connectivity index is 0.000000640. The van der Waals surface area contributed by atoms with Crippen molar-refractivity contribution in [2.45, 2.75) is 6.92 Å². The zero-order valence-electron chi connectivity index (χ0n) is 5.16. The van der Waals surface area contributed by atoms with Crippen molar-refractivity contribution in [3.05, 3.63) is 29.8 Å². The average Bonchev–Trinajstić information content (AvgIpc) is 1.77. The van der Waals surface area contributed by atoms with Gasteiger partial charge in [0.1, 0.15) is 5.75 Å². The Morgan fingerprint density at radius 1 is 1.22 bits per heavy atom. The number of aromatic hydroxyl groups is 1. The highest BCUT2D eigenvalue weighted by Gasteiger charge is 1.86. The van der Waals surface area contributed by atoms with Crippen molar-refractivity contribution in [3.8, 4) is 5.75 Å². The molecular weight excluding hydrogens is 180 g/mol. The van der Waals surface area contributed by atoms with Crippen LogP contribution in [0.2, 0.25) is 0 Å². The largest absolute Gasteiger partial charge is 0.508 e. The van der Waals surface area contributed by atoms with Crippen LogP contribution in [0.3, 0.4) is 0 Å². The molecular formula is C7H9BrO. The number of aryl methyl sites for hydroxylation is 1. The monoisotopic (exact) mass is 188 g/mol. The summed E-state index contributed by atoms with van der Waals surface area (Å²) < 4.78 is 0. The standard InChI is InChI=1S/C7H8O.BrH/c1-6-4-2-3-5-7(6)8;/h2-5,8H,1H3;1H. The maximum Gasteiger partial charge on any atom is 0.118 e. The second-order valence-electron chi connectivity index (χ2n) is 1.79. The van der Waals surface area contributed by atoms with Gasteiger partial charge >= 0.3 is 0 Å². The smallest absolute Gasteiger partial charge is 0.118 e. The zero-order valence-corrected chi connectivity index (χ0v) is 6.88. The molecule has 0 aliphatic heterocycles. The highest BCUT2D eigenvalue weighted by Crippen LogP contribution is 2.12. The summed E-state index contributed by atoms with van der Waals surface area (Å²) in [4.78, 5) is 0. The molecule has 0 atom stereocenters. The van der Waals surface area contributed by atoms with Gasteiger partial charge in [-0.1, -0.05) is 18.2 Å². The Bertz CT molecular complexity index is 165. The van der Waals surface area contributed by atoms with Gasteiger partial charge in [0.15, 0.2) is 0 Å². The summed E-state index contributed by atoms with van der Waals surface area (Å²) in [5.41, 5.74) is 0.924. The third-order valence-electron chi connectivity index (χ3n) is 1.12. The molecule has 0 aromatic heterocycles. The molecule has 0 fully saturated rings. The lowest BCUT2D eigenvalue weighted by molar-refractivity contribution is 0.471. The average molecular weight is 189 g/mol. The summed E-state index contributed by atoms with van der Waals surface area (Å²) in [7, 11) is 0. The minimum Gasteiger partial charge on any atom is -0.508 e. The highest BCUT2D eigenvalue weighted by atomic mass is 79.9.